The average molecular weight is 310 g/mol. The lowest BCUT2D eigenvalue weighted by Crippen LogP contribution is -2.10. The lowest BCUT2D eigenvalue weighted by molar-refractivity contribution is 0.0490. The minimum Gasteiger partial charge on any atom is -0.508 e. The van der Waals surface area contributed by atoms with Crippen LogP contribution in [0.25, 0.3) is 22.1 Å². The summed E-state index contributed by atoms with van der Waals surface area (Å²) in [5.74, 6) is -0.594. The van der Waals surface area contributed by atoms with Gasteiger partial charge in [-0.05, 0) is 42.3 Å². The number of carbonyl (C=O) groups excluding carboxylic acids is 1. The third-order valence-corrected chi connectivity index (χ3v) is 3.40. The molecule has 0 atom stereocenters. The van der Waals surface area contributed by atoms with E-state index >= 15 is 0 Å². The first-order valence-corrected chi connectivity index (χ1v) is 7.13. The molecule has 0 aliphatic carbocycles. The Hall–Kier alpha value is -3.08. The summed E-state index contributed by atoms with van der Waals surface area (Å²) in [5.41, 5.74) is 1.69. The molecule has 0 aliphatic rings. The molecule has 0 amide bonds. The zero-order valence-corrected chi connectivity index (χ0v) is 12.4. The van der Waals surface area contributed by atoms with Crippen molar-refractivity contribution in [3.8, 4) is 16.9 Å². The lowest BCUT2D eigenvalue weighted by atomic mass is 10.0. The van der Waals surface area contributed by atoms with Gasteiger partial charge in [0, 0.05) is 6.07 Å². The molecule has 2 aromatic carbocycles. The fourth-order valence-electron chi connectivity index (χ4n) is 2.29. The number of hydrogen-bond donors (Lipinski definition) is 1. The lowest BCUT2D eigenvalue weighted by Gasteiger charge is -2.05. The second-order valence-electron chi connectivity index (χ2n) is 4.95. The van der Waals surface area contributed by atoms with Gasteiger partial charge < -0.3 is 14.3 Å². The van der Waals surface area contributed by atoms with Crippen LogP contribution in [0.1, 0.15) is 17.5 Å². The van der Waals surface area contributed by atoms with Crippen LogP contribution in [-0.2, 0) is 4.74 Å². The highest BCUT2D eigenvalue weighted by Gasteiger charge is 2.13. The molecule has 0 saturated carbocycles. The van der Waals surface area contributed by atoms with Gasteiger partial charge in [-0.3, -0.25) is 4.79 Å². The van der Waals surface area contributed by atoms with Crippen molar-refractivity contribution in [2.45, 2.75) is 6.92 Å². The first-order chi connectivity index (χ1) is 11.1. The Labute approximate surface area is 131 Å². The van der Waals surface area contributed by atoms with Gasteiger partial charge in [0.1, 0.15) is 11.3 Å². The monoisotopic (exact) mass is 310 g/mol. The predicted octanol–water partition coefficient (Wildman–Crippen LogP) is 3.34. The van der Waals surface area contributed by atoms with Crippen LogP contribution in [0, 0.1) is 0 Å². The SMILES string of the molecule is CCOC(=O)c1cc(=O)c2cc(-c3ccc(O)cc3)ccc2o1. The van der Waals surface area contributed by atoms with E-state index < -0.39 is 5.97 Å². The number of carbonyl (C=O) groups is 1. The summed E-state index contributed by atoms with van der Waals surface area (Å²) in [4.78, 5) is 23.9. The van der Waals surface area contributed by atoms with Crippen molar-refractivity contribution < 1.29 is 19.1 Å². The minimum atomic E-state index is -0.658. The molecule has 5 nitrogen and oxygen atoms in total. The van der Waals surface area contributed by atoms with E-state index in [0.29, 0.717) is 11.0 Å². The van der Waals surface area contributed by atoms with Gasteiger partial charge in [-0.25, -0.2) is 4.79 Å². The highest BCUT2D eigenvalue weighted by molar-refractivity contribution is 5.90. The summed E-state index contributed by atoms with van der Waals surface area (Å²) in [5, 5.41) is 9.72. The minimum absolute atomic E-state index is 0.110. The maximum absolute atomic E-state index is 12.2. The van der Waals surface area contributed by atoms with Crippen molar-refractivity contribution in [1.29, 1.82) is 0 Å². The number of hydrogen-bond acceptors (Lipinski definition) is 5. The Morgan fingerprint density at radius 2 is 1.78 bits per heavy atom. The quantitative estimate of drug-likeness (QED) is 0.751. The molecule has 5 heteroatoms. The van der Waals surface area contributed by atoms with E-state index in [1.54, 1.807) is 49.4 Å². The van der Waals surface area contributed by atoms with E-state index in [4.69, 9.17) is 9.15 Å². The Bertz CT molecular complexity index is 922. The summed E-state index contributed by atoms with van der Waals surface area (Å²) >= 11 is 0. The first kappa shape index (κ1) is 14.8. The summed E-state index contributed by atoms with van der Waals surface area (Å²) < 4.78 is 10.3. The van der Waals surface area contributed by atoms with Crippen LogP contribution in [-0.4, -0.2) is 17.7 Å². The molecule has 0 bridgehead atoms. The highest BCUT2D eigenvalue weighted by Crippen LogP contribution is 2.25. The first-order valence-electron chi connectivity index (χ1n) is 7.13. The van der Waals surface area contributed by atoms with Gasteiger partial charge in [0.15, 0.2) is 5.43 Å². The number of esters is 1. The smallest absolute Gasteiger partial charge is 0.374 e. The summed E-state index contributed by atoms with van der Waals surface area (Å²) in [6.45, 7) is 1.89. The van der Waals surface area contributed by atoms with E-state index in [-0.39, 0.29) is 23.5 Å². The van der Waals surface area contributed by atoms with Crippen LogP contribution in [0.5, 0.6) is 5.75 Å². The third-order valence-electron chi connectivity index (χ3n) is 3.40. The molecule has 116 valence electrons. The second-order valence-corrected chi connectivity index (χ2v) is 4.95. The Kier molecular flexibility index (Phi) is 3.85. The molecule has 1 N–H and O–H groups in total. The van der Waals surface area contributed by atoms with Gasteiger partial charge in [-0.15, -0.1) is 0 Å². The summed E-state index contributed by atoms with van der Waals surface area (Å²) in [6, 6.07) is 12.9. The molecular weight excluding hydrogens is 296 g/mol. The fourth-order valence-corrected chi connectivity index (χ4v) is 2.29. The second kappa shape index (κ2) is 5.96. The van der Waals surface area contributed by atoms with Crippen molar-refractivity contribution in [2.24, 2.45) is 0 Å². The van der Waals surface area contributed by atoms with E-state index in [1.165, 1.54) is 0 Å². The van der Waals surface area contributed by atoms with Crippen molar-refractivity contribution in [1.82, 2.24) is 0 Å². The number of rotatable bonds is 3. The molecular formula is C18H14O5. The topological polar surface area (TPSA) is 76.7 Å². The van der Waals surface area contributed by atoms with E-state index in [9.17, 15) is 14.7 Å². The maximum atomic E-state index is 12.2. The zero-order valence-electron chi connectivity index (χ0n) is 12.4. The fraction of sp³-hybridized carbons (Fsp3) is 0.111. The molecule has 23 heavy (non-hydrogen) atoms. The number of phenolic OH excluding ortho intramolecular Hbond substituents is 1. The molecule has 0 saturated heterocycles. The van der Waals surface area contributed by atoms with Gasteiger partial charge in [0.2, 0.25) is 5.76 Å². The number of aromatic hydroxyl groups is 1. The van der Waals surface area contributed by atoms with Crippen molar-refractivity contribution in [3.63, 3.8) is 0 Å². The van der Waals surface area contributed by atoms with Crippen LogP contribution in [0.3, 0.4) is 0 Å². The summed E-state index contributed by atoms with van der Waals surface area (Å²) in [6.07, 6.45) is 0. The molecule has 0 radical (unpaired) electrons. The molecule has 0 aliphatic heterocycles. The van der Waals surface area contributed by atoms with E-state index in [0.717, 1.165) is 17.2 Å². The van der Waals surface area contributed by atoms with Crippen LogP contribution in [0.2, 0.25) is 0 Å². The van der Waals surface area contributed by atoms with Gasteiger partial charge in [0.05, 0.1) is 12.0 Å². The standard InChI is InChI=1S/C18H14O5/c1-2-22-18(21)17-10-15(20)14-9-12(5-8-16(14)23-17)11-3-6-13(19)7-4-11/h3-10,19H,2H2,1H3. The Morgan fingerprint density at radius 1 is 1.09 bits per heavy atom. The van der Waals surface area contributed by atoms with E-state index in [1.807, 2.05) is 0 Å². The maximum Gasteiger partial charge on any atom is 0.374 e. The number of fused-ring (bicyclic) bond motifs is 1. The van der Waals surface area contributed by atoms with Crippen LogP contribution in [0.4, 0.5) is 0 Å². The predicted molar refractivity (Wildman–Crippen MR) is 85.5 cm³/mol. The summed E-state index contributed by atoms with van der Waals surface area (Å²) in [7, 11) is 0. The average Bonchev–Trinajstić information content (AvgIpc) is 2.55. The van der Waals surface area contributed by atoms with Crippen LogP contribution < -0.4 is 5.43 Å². The number of phenols is 1. The molecule has 0 spiro atoms. The molecule has 0 fully saturated rings. The van der Waals surface area contributed by atoms with Crippen LogP contribution >= 0.6 is 0 Å². The highest BCUT2D eigenvalue weighted by atomic mass is 16.5. The largest absolute Gasteiger partial charge is 0.508 e. The van der Waals surface area contributed by atoms with Crippen molar-refractivity contribution in [3.05, 3.63) is 64.5 Å². The molecule has 3 aromatic rings. The van der Waals surface area contributed by atoms with Crippen molar-refractivity contribution >= 4 is 16.9 Å². The molecule has 1 heterocycles. The van der Waals surface area contributed by atoms with Gasteiger partial charge >= 0.3 is 5.97 Å². The Balaban J connectivity index is 2.09. The van der Waals surface area contributed by atoms with Gasteiger partial charge in [0.25, 0.3) is 0 Å². The van der Waals surface area contributed by atoms with Gasteiger partial charge in [-0.1, -0.05) is 18.2 Å². The van der Waals surface area contributed by atoms with E-state index in [2.05, 4.69) is 0 Å². The molecule has 1 aromatic heterocycles. The Morgan fingerprint density at radius 3 is 2.48 bits per heavy atom. The zero-order chi connectivity index (χ0) is 16.4. The number of benzene rings is 2. The number of ether oxygens (including phenoxy) is 1. The third kappa shape index (κ3) is 2.94. The van der Waals surface area contributed by atoms with Crippen molar-refractivity contribution in [2.75, 3.05) is 6.61 Å². The molecule has 3 rings (SSSR count). The molecule has 0 unspecified atom stereocenters. The normalized spacial score (nSPS) is 10.7. The van der Waals surface area contributed by atoms with Gasteiger partial charge in [-0.2, -0.15) is 0 Å². The van der Waals surface area contributed by atoms with Crippen LogP contribution in [0.15, 0.2) is 57.7 Å².